The van der Waals surface area contributed by atoms with Gasteiger partial charge in [-0.05, 0) is 63.2 Å². The molecule has 138 valence electrons. The molecule has 2 aromatic rings. The molecule has 7 heteroatoms. The highest BCUT2D eigenvalue weighted by atomic mass is 35.5. The second-order valence-corrected chi connectivity index (χ2v) is 6.69. The van der Waals surface area contributed by atoms with Crippen LogP contribution < -0.4 is 10.1 Å². The quantitative estimate of drug-likeness (QED) is 0.701. The van der Waals surface area contributed by atoms with Crippen LogP contribution in [-0.4, -0.2) is 24.1 Å². The minimum atomic E-state index is -0.748. The number of anilines is 1. The molecule has 1 unspecified atom stereocenters. The zero-order valence-electron chi connectivity index (χ0n) is 14.6. The van der Waals surface area contributed by atoms with E-state index in [4.69, 9.17) is 32.7 Å². The number of amides is 1. The summed E-state index contributed by atoms with van der Waals surface area (Å²) in [5.41, 5.74) is 0.834. The van der Waals surface area contributed by atoms with Crippen LogP contribution >= 0.6 is 23.2 Å². The summed E-state index contributed by atoms with van der Waals surface area (Å²) >= 11 is 11.9. The molecule has 0 bridgehead atoms. The van der Waals surface area contributed by atoms with Gasteiger partial charge in [0.25, 0.3) is 5.91 Å². The first-order valence-electron chi connectivity index (χ1n) is 8.00. The number of benzene rings is 2. The Balaban J connectivity index is 2.01. The number of rotatable bonds is 6. The van der Waals surface area contributed by atoms with Crippen LogP contribution in [0, 0.1) is 0 Å². The van der Waals surface area contributed by atoms with Crippen molar-refractivity contribution in [1.29, 1.82) is 0 Å². The van der Waals surface area contributed by atoms with E-state index < -0.39 is 12.1 Å². The van der Waals surface area contributed by atoms with Crippen molar-refractivity contribution in [3.05, 3.63) is 58.1 Å². The standard InChI is InChI=1S/C19H19Cl2NO4/c1-11(2)25-19(24)12(3)26-15-7-4-13(5-8-15)18(23)22-17-10-14(20)6-9-16(17)21/h4-12H,1-3H3,(H,22,23). The Morgan fingerprint density at radius 2 is 1.65 bits per heavy atom. The summed E-state index contributed by atoms with van der Waals surface area (Å²) in [5, 5.41) is 3.55. The largest absolute Gasteiger partial charge is 0.479 e. The van der Waals surface area contributed by atoms with Gasteiger partial charge in [-0.15, -0.1) is 0 Å². The minimum Gasteiger partial charge on any atom is -0.479 e. The Labute approximate surface area is 162 Å². The van der Waals surface area contributed by atoms with E-state index >= 15 is 0 Å². The zero-order chi connectivity index (χ0) is 19.3. The van der Waals surface area contributed by atoms with E-state index in [1.807, 2.05) is 0 Å². The zero-order valence-corrected chi connectivity index (χ0v) is 16.1. The molecule has 1 atom stereocenters. The van der Waals surface area contributed by atoms with Crippen molar-refractivity contribution in [2.75, 3.05) is 5.32 Å². The summed E-state index contributed by atoms with van der Waals surface area (Å²) < 4.78 is 10.6. The number of esters is 1. The van der Waals surface area contributed by atoms with Gasteiger partial charge in [-0.1, -0.05) is 23.2 Å². The molecule has 0 radical (unpaired) electrons. The molecule has 5 nitrogen and oxygen atoms in total. The predicted molar refractivity (Wildman–Crippen MR) is 102 cm³/mol. The Morgan fingerprint density at radius 1 is 1.00 bits per heavy atom. The van der Waals surface area contributed by atoms with Gasteiger partial charge >= 0.3 is 5.97 Å². The normalized spacial score (nSPS) is 11.8. The molecular weight excluding hydrogens is 377 g/mol. The Bertz CT molecular complexity index is 791. The Morgan fingerprint density at radius 3 is 2.27 bits per heavy atom. The highest BCUT2D eigenvalue weighted by molar-refractivity contribution is 6.35. The van der Waals surface area contributed by atoms with Gasteiger partial charge in [0.2, 0.25) is 0 Å². The van der Waals surface area contributed by atoms with Gasteiger partial charge in [-0.3, -0.25) is 4.79 Å². The highest BCUT2D eigenvalue weighted by Crippen LogP contribution is 2.26. The van der Waals surface area contributed by atoms with Crippen LogP contribution in [0.5, 0.6) is 5.75 Å². The second kappa shape index (κ2) is 8.92. The fourth-order valence-corrected chi connectivity index (χ4v) is 2.39. The van der Waals surface area contributed by atoms with E-state index in [1.54, 1.807) is 63.2 Å². The lowest BCUT2D eigenvalue weighted by atomic mass is 10.2. The molecule has 0 aliphatic heterocycles. The Kier molecular flexibility index (Phi) is 6.89. The number of hydrogen-bond acceptors (Lipinski definition) is 4. The van der Waals surface area contributed by atoms with Gasteiger partial charge < -0.3 is 14.8 Å². The molecule has 0 heterocycles. The average Bonchev–Trinajstić information content (AvgIpc) is 2.58. The number of nitrogens with one attached hydrogen (secondary N) is 1. The van der Waals surface area contributed by atoms with Crippen LogP contribution in [0.25, 0.3) is 0 Å². The predicted octanol–water partition coefficient (Wildman–Crippen LogP) is 4.96. The monoisotopic (exact) mass is 395 g/mol. The van der Waals surface area contributed by atoms with Crippen molar-refractivity contribution in [2.45, 2.75) is 33.0 Å². The molecule has 2 rings (SSSR count). The van der Waals surface area contributed by atoms with Crippen molar-refractivity contribution < 1.29 is 19.1 Å². The lowest BCUT2D eigenvalue weighted by Crippen LogP contribution is -2.28. The molecular formula is C19H19Cl2NO4. The first kappa shape index (κ1) is 20.1. The highest BCUT2D eigenvalue weighted by Gasteiger charge is 2.18. The van der Waals surface area contributed by atoms with Crippen LogP contribution in [0.3, 0.4) is 0 Å². The van der Waals surface area contributed by atoms with Crippen molar-refractivity contribution in [3.63, 3.8) is 0 Å². The van der Waals surface area contributed by atoms with Crippen LogP contribution in [0.4, 0.5) is 5.69 Å². The summed E-state index contributed by atoms with van der Waals surface area (Å²) in [6.45, 7) is 5.14. The third-order valence-corrected chi connectivity index (χ3v) is 3.85. The minimum absolute atomic E-state index is 0.210. The summed E-state index contributed by atoms with van der Waals surface area (Å²) in [4.78, 5) is 24.1. The maximum Gasteiger partial charge on any atom is 0.347 e. The first-order chi connectivity index (χ1) is 12.3. The molecule has 0 saturated heterocycles. The lowest BCUT2D eigenvalue weighted by molar-refractivity contribution is -0.154. The molecule has 1 amide bonds. The second-order valence-electron chi connectivity index (χ2n) is 5.85. The van der Waals surface area contributed by atoms with E-state index in [2.05, 4.69) is 5.32 Å². The lowest BCUT2D eigenvalue weighted by Gasteiger charge is -2.16. The van der Waals surface area contributed by atoms with E-state index in [0.717, 1.165) is 0 Å². The van der Waals surface area contributed by atoms with E-state index in [9.17, 15) is 9.59 Å². The Hall–Kier alpha value is -2.24. The van der Waals surface area contributed by atoms with Crippen molar-refractivity contribution >= 4 is 40.8 Å². The molecule has 0 spiro atoms. The summed E-state index contributed by atoms with van der Waals surface area (Å²) in [5.74, 6) is -0.332. The third kappa shape index (κ3) is 5.64. The van der Waals surface area contributed by atoms with Crippen LogP contribution in [0.2, 0.25) is 10.0 Å². The summed E-state index contributed by atoms with van der Waals surface area (Å²) in [7, 11) is 0. The molecule has 26 heavy (non-hydrogen) atoms. The molecule has 0 aliphatic rings. The van der Waals surface area contributed by atoms with Crippen molar-refractivity contribution in [2.24, 2.45) is 0 Å². The maximum atomic E-state index is 12.3. The SMILES string of the molecule is CC(C)OC(=O)C(C)Oc1ccc(C(=O)Nc2cc(Cl)ccc2Cl)cc1. The van der Waals surface area contributed by atoms with E-state index in [0.29, 0.717) is 27.0 Å². The van der Waals surface area contributed by atoms with Crippen molar-refractivity contribution in [1.82, 2.24) is 0 Å². The molecule has 0 saturated carbocycles. The van der Waals surface area contributed by atoms with Gasteiger partial charge in [-0.25, -0.2) is 4.79 Å². The van der Waals surface area contributed by atoms with Gasteiger partial charge in [0.15, 0.2) is 6.10 Å². The number of carbonyl (C=O) groups excluding carboxylic acids is 2. The van der Waals surface area contributed by atoms with Gasteiger partial charge in [0.05, 0.1) is 16.8 Å². The molecule has 0 fully saturated rings. The van der Waals surface area contributed by atoms with Crippen LogP contribution in [-0.2, 0) is 9.53 Å². The van der Waals surface area contributed by atoms with Crippen LogP contribution in [0.15, 0.2) is 42.5 Å². The first-order valence-corrected chi connectivity index (χ1v) is 8.75. The van der Waals surface area contributed by atoms with Crippen molar-refractivity contribution in [3.8, 4) is 5.75 Å². The maximum absolute atomic E-state index is 12.3. The number of halogens is 2. The fraction of sp³-hybridized carbons (Fsp3) is 0.263. The van der Waals surface area contributed by atoms with Crippen LogP contribution in [0.1, 0.15) is 31.1 Å². The molecule has 2 aromatic carbocycles. The van der Waals surface area contributed by atoms with E-state index in [-0.39, 0.29) is 12.0 Å². The number of ether oxygens (including phenoxy) is 2. The average molecular weight is 396 g/mol. The molecule has 0 aromatic heterocycles. The molecule has 0 aliphatic carbocycles. The third-order valence-electron chi connectivity index (χ3n) is 3.29. The topological polar surface area (TPSA) is 64.6 Å². The molecule has 1 N–H and O–H groups in total. The van der Waals surface area contributed by atoms with Gasteiger partial charge in [0.1, 0.15) is 5.75 Å². The van der Waals surface area contributed by atoms with Gasteiger partial charge in [-0.2, -0.15) is 0 Å². The summed E-state index contributed by atoms with van der Waals surface area (Å²) in [6.07, 6.45) is -0.958. The van der Waals surface area contributed by atoms with Gasteiger partial charge in [0, 0.05) is 10.6 Å². The number of hydrogen-bond donors (Lipinski definition) is 1. The number of carbonyl (C=O) groups is 2. The summed E-state index contributed by atoms with van der Waals surface area (Å²) in [6, 6.07) is 11.2. The fourth-order valence-electron chi connectivity index (χ4n) is 2.05. The smallest absolute Gasteiger partial charge is 0.347 e. The van der Waals surface area contributed by atoms with E-state index in [1.165, 1.54) is 0 Å².